The van der Waals surface area contributed by atoms with E-state index in [1.807, 2.05) is 0 Å². The van der Waals surface area contributed by atoms with Crippen molar-refractivity contribution in [2.45, 2.75) is 0 Å². The average molecular weight is 181 g/mol. The Bertz CT molecular complexity index is 299. The van der Waals surface area contributed by atoms with Crippen molar-refractivity contribution in [1.82, 2.24) is 0 Å². The third-order valence-electron chi connectivity index (χ3n) is 1.51. The second-order valence-electron chi connectivity index (χ2n) is 2.48. The zero-order chi connectivity index (χ0) is 9.68. The number of aliphatic carboxylic acids is 1. The standard InChI is InChI=1S/C9H11NO3/c1-13-8-4-2-3-7(5-8)10-6-9(11)12/h2-5,10H,6H2,1H3,(H,11,12). The molecule has 0 heterocycles. The highest BCUT2D eigenvalue weighted by molar-refractivity contribution is 5.72. The molecule has 0 unspecified atom stereocenters. The number of hydrogen-bond acceptors (Lipinski definition) is 3. The number of ether oxygens (including phenoxy) is 1. The molecule has 4 heteroatoms. The van der Waals surface area contributed by atoms with Gasteiger partial charge in [-0.15, -0.1) is 0 Å². The number of rotatable bonds is 4. The van der Waals surface area contributed by atoms with Crippen LogP contribution < -0.4 is 10.1 Å². The SMILES string of the molecule is COc1cccc(NCC(=O)O)c1. The molecule has 1 aromatic carbocycles. The second-order valence-corrected chi connectivity index (χ2v) is 2.48. The van der Waals surface area contributed by atoms with Crippen LogP contribution in [0.1, 0.15) is 0 Å². The van der Waals surface area contributed by atoms with E-state index in [4.69, 9.17) is 9.84 Å². The Kier molecular flexibility index (Phi) is 3.14. The molecule has 1 aromatic rings. The lowest BCUT2D eigenvalue weighted by Gasteiger charge is -2.04. The second kappa shape index (κ2) is 4.35. The zero-order valence-electron chi connectivity index (χ0n) is 7.28. The number of carboxylic acids is 1. The van der Waals surface area contributed by atoms with Gasteiger partial charge in [0, 0.05) is 11.8 Å². The minimum Gasteiger partial charge on any atom is -0.497 e. The van der Waals surface area contributed by atoms with Crippen molar-refractivity contribution in [3.05, 3.63) is 24.3 Å². The molecule has 0 spiro atoms. The Morgan fingerprint density at radius 3 is 3.00 bits per heavy atom. The fourth-order valence-corrected chi connectivity index (χ4v) is 0.911. The first kappa shape index (κ1) is 9.38. The van der Waals surface area contributed by atoms with Crippen molar-refractivity contribution in [1.29, 1.82) is 0 Å². The van der Waals surface area contributed by atoms with Crippen LogP contribution in [0.2, 0.25) is 0 Å². The number of nitrogens with one attached hydrogen (secondary N) is 1. The minimum atomic E-state index is -0.886. The average Bonchev–Trinajstić information content (AvgIpc) is 2.15. The fraction of sp³-hybridized carbons (Fsp3) is 0.222. The summed E-state index contributed by atoms with van der Waals surface area (Å²) in [7, 11) is 1.57. The molecule has 0 saturated carbocycles. The van der Waals surface area contributed by atoms with Crippen molar-refractivity contribution < 1.29 is 14.6 Å². The summed E-state index contributed by atoms with van der Waals surface area (Å²) in [5, 5.41) is 11.1. The molecule has 0 atom stereocenters. The van der Waals surface area contributed by atoms with Gasteiger partial charge in [-0.1, -0.05) is 6.07 Å². The molecule has 0 bridgehead atoms. The first-order valence-electron chi connectivity index (χ1n) is 3.82. The molecule has 0 aliphatic carbocycles. The molecule has 0 aromatic heterocycles. The van der Waals surface area contributed by atoms with Gasteiger partial charge in [0.2, 0.25) is 0 Å². The molecule has 0 radical (unpaired) electrons. The van der Waals surface area contributed by atoms with Crippen molar-refractivity contribution in [2.75, 3.05) is 19.0 Å². The molecule has 0 amide bonds. The van der Waals surface area contributed by atoms with Crippen LogP contribution in [-0.4, -0.2) is 24.7 Å². The van der Waals surface area contributed by atoms with Crippen LogP contribution in [0.4, 0.5) is 5.69 Å². The van der Waals surface area contributed by atoms with Crippen LogP contribution in [0, 0.1) is 0 Å². The molecular weight excluding hydrogens is 170 g/mol. The van der Waals surface area contributed by atoms with E-state index in [-0.39, 0.29) is 6.54 Å². The third kappa shape index (κ3) is 3.02. The number of hydrogen-bond donors (Lipinski definition) is 2. The van der Waals surface area contributed by atoms with Gasteiger partial charge in [0.25, 0.3) is 0 Å². The molecule has 0 saturated heterocycles. The Hall–Kier alpha value is -1.71. The van der Waals surface area contributed by atoms with Crippen LogP contribution in [0.3, 0.4) is 0 Å². The van der Waals surface area contributed by atoms with Gasteiger partial charge in [-0.05, 0) is 12.1 Å². The van der Waals surface area contributed by atoms with Crippen LogP contribution in [-0.2, 0) is 4.79 Å². The molecule has 4 nitrogen and oxygen atoms in total. The lowest BCUT2D eigenvalue weighted by molar-refractivity contribution is -0.134. The van der Waals surface area contributed by atoms with Crippen molar-refractivity contribution in [3.8, 4) is 5.75 Å². The van der Waals surface area contributed by atoms with Gasteiger partial charge in [0.15, 0.2) is 0 Å². The predicted octanol–water partition coefficient (Wildman–Crippen LogP) is 1.19. The normalized spacial score (nSPS) is 9.31. The lowest BCUT2D eigenvalue weighted by atomic mass is 10.3. The summed E-state index contributed by atoms with van der Waals surface area (Å²) in [4.78, 5) is 10.2. The number of anilines is 1. The van der Waals surface area contributed by atoms with E-state index in [9.17, 15) is 4.79 Å². The van der Waals surface area contributed by atoms with E-state index in [0.29, 0.717) is 5.75 Å². The predicted molar refractivity (Wildman–Crippen MR) is 49.1 cm³/mol. The summed E-state index contributed by atoms with van der Waals surface area (Å²) in [6.07, 6.45) is 0. The Morgan fingerprint density at radius 1 is 1.62 bits per heavy atom. The minimum absolute atomic E-state index is 0.0901. The van der Waals surface area contributed by atoms with Crippen molar-refractivity contribution in [3.63, 3.8) is 0 Å². The van der Waals surface area contributed by atoms with Crippen LogP contribution in [0.5, 0.6) is 5.75 Å². The van der Waals surface area contributed by atoms with E-state index in [0.717, 1.165) is 5.69 Å². The molecule has 0 aliphatic heterocycles. The first-order valence-corrected chi connectivity index (χ1v) is 3.82. The largest absolute Gasteiger partial charge is 0.497 e. The third-order valence-corrected chi connectivity index (χ3v) is 1.51. The smallest absolute Gasteiger partial charge is 0.322 e. The number of benzene rings is 1. The van der Waals surface area contributed by atoms with Crippen LogP contribution in [0.15, 0.2) is 24.3 Å². The van der Waals surface area contributed by atoms with Gasteiger partial charge in [0.1, 0.15) is 12.3 Å². The van der Waals surface area contributed by atoms with Gasteiger partial charge >= 0.3 is 5.97 Å². The summed E-state index contributed by atoms with van der Waals surface area (Å²) in [6, 6.07) is 7.11. The number of carbonyl (C=O) groups is 1. The van der Waals surface area contributed by atoms with Crippen LogP contribution >= 0.6 is 0 Å². The number of methoxy groups -OCH3 is 1. The monoisotopic (exact) mass is 181 g/mol. The van der Waals surface area contributed by atoms with Crippen LogP contribution in [0.25, 0.3) is 0 Å². The lowest BCUT2D eigenvalue weighted by Crippen LogP contribution is -2.12. The summed E-state index contributed by atoms with van der Waals surface area (Å²) in [5.41, 5.74) is 0.738. The van der Waals surface area contributed by atoms with Gasteiger partial charge in [0.05, 0.1) is 7.11 Å². The van der Waals surface area contributed by atoms with Gasteiger partial charge in [-0.25, -0.2) is 0 Å². The van der Waals surface area contributed by atoms with Crippen molar-refractivity contribution in [2.24, 2.45) is 0 Å². The summed E-state index contributed by atoms with van der Waals surface area (Å²) < 4.78 is 4.97. The maximum Gasteiger partial charge on any atom is 0.322 e. The van der Waals surface area contributed by atoms with Gasteiger partial charge in [-0.2, -0.15) is 0 Å². The molecule has 2 N–H and O–H groups in total. The zero-order valence-corrected chi connectivity index (χ0v) is 7.28. The highest BCUT2D eigenvalue weighted by Gasteiger charge is 1.97. The summed E-state index contributed by atoms with van der Waals surface area (Å²) >= 11 is 0. The topological polar surface area (TPSA) is 58.6 Å². The molecule has 0 aliphatic rings. The quantitative estimate of drug-likeness (QED) is 0.732. The highest BCUT2D eigenvalue weighted by atomic mass is 16.5. The van der Waals surface area contributed by atoms with Gasteiger partial charge in [-0.3, -0.25) is 4.79 Å². The highest BCUT2D eigenvalue weighted by Crippen LogP contribution is 2.15. The molecule has 0 fully saturated rings. The first-order chi connectivity index (χ1) is 6.22. The van der Waals surface area contributed by atoms with Gasteiger partial charge < -0.3 is 15.2 Å². The maximum atomic E-state index is 10.2. The Labute approximate surface area is 76.1 Å². The summed E-state index contributed by atoms with van der Waals surface area (Å²) in [6.45, 7) is -0.0901. The number of carboxylic acid groups (broad SMARTS) is 1. The van der Waals surface area contributed by atoms with E-state index in [2.05, 4.69) is 5.32 Å². The molecule has 70 valence electrons. The van der Waals surface area contributed by atoms with E-state index < -0.39 is 5.97 Å². The maximum absolute atomic E-state index is 10.2. The molecule has 1 rings (SSSR count). The van der Waals surface area contributed by atoms with E-state index >= 15 is 0 Å². The summed E-state index contributed by atoms with van der Waals surface area (Å²) in [5.74, 6) is -0.182. The van der Waals surface area contributed by atoms with Crippen molar-refractivity contribution >= 4 is 11.7 Å². The van der Waals surface area contributed by atoms with E-state index in [1.165, 1.54) is 0 Å². The Balaban J connectivity index is 2.61. The molecular formula is C9H11NO3. The molecule has 13 heavy (non-hydrogen) atoms. The Morgan fingerprint density at radius 2 is 2.38 bits per heavy atom. The van der Waals surface area contributed by atoms with E-state index in [1.54, 1.807) is 31.4 Å². The fourth-order valence-electron chi connectivity index (χ4n) is 0.911.